The van der Waals surface area contributed by atoms with Crippen molar-refractivity contribution in [3.05, 3.63) is 85.0 Å². The molecule has 0 aliphatic heterocycles. The van der Waals surface area contributed by atoms with E-state index in [4.69, 9.17) is 5.11 Å². The minimum Gasteiger partial charge on any atom is -0.478 e. The Morgan fingerprint density at radius 3 is 1.22 bits per heavy atom. The number of fused-ring (bicyclic) bond motifs is 2. The fourth-order valence-corrected chi connectivity index (χ4v) is 2.06. The molecule has 4 heteroatoms. The molecule has 3 aromatic carbocycles. The van der Waals surface area contributed by atoms with Gasteiger partial charge in [-0.05, 0) is 47.5 Å². The first-order valence-electron chi connectivity index (χ1n) is 8.26. The van der Waals surface area contributed by atoms with Crippen molar-refractivity contribution in [3.8, 4) is 0 Å². The minimum absolute atomic E-state index is 0.176. The maximum absolute atomic E-state index is 10.2. The first-order chi connectivity index (χ1) is 12.8. The summed E-state index contributed by atoms with van der Waals surface area (Å²) in [5, 5.41) is 13.1. The SMILES string of the molecule is C=C(C)C(=O)O.C=C(C)C(=O)OC.c1ccc2cc3ccccc3cc2c1. The molecule has 0 aliphatic carbocycles. The second kappa shape index (κ2) is 10.6. The molecule has 27 heavy (non-hydrogen) atoms. The number of carbonyl (C=O) groups is 2. The van der Waals surface area contributed by atoms with Crippen LogP contribution in [0.3, 0.4) is 0 Å². The molecule has 4 nitrogen and oxygen atoms in total. The Bertz CT molecular complexity index is 853. The Morgan fingerprint density at radius 1 is 0.778 bits per heavy atom. The van der Waals surface area contributed by atoms with Crippen molar-refractivity contribution in [2.24, 2.45) is 0 Å². The van der Waals surface area contributed by atoms with Gasteiger partial charge in [0.25, 0.3) is 0 Å². The Hall–Kier alpha value is -3.40. The Labute approximate surface area is 159 Å². The number of rotatable bonds is 2. The highest BCUT2D eigenvalue weighted by Gasteiger charge is 1.96. The molecule has 0 atom stereocenters. The van der Waals surface area contributed by atoms with Crippen molar-refractivity contribution in [2.45, 2.75) is 13.8 Å². The van der Waals surface area contributed by atoms with Gasteiger partial charge in [-0.3, -0.25) is 0 Å². The molecule has 0 aliphatic rings. The lowest BCUT2D eigenvalue weighted by atomic mass is 10.0. The lowest BCUT2D eigenvalue weighted by Gasteiger charge is -2.00. The van der Waals surface area contributed by atoms with Gasteiger partial charge in [0.15, 0.2) is 0 Å². The number of ether oxygens (including phenoxy) is 1. The molecule has 0 aromatic heterocycles. The topological polar surface area (TPSA) is 63.6 Å². The second-order valence-corrected chi connectivity index (χ2v) is 5.90. The van der Waals surface area contributed by atoms with Crippen LogP contribution >= 0.6 is 0 Å². The molecule has 3 aromatic rings. The van der Waals surface area contributed by atoms with E-state index >= 15 is 0 Å². The van der Waals surface area contributed by atoms with Gasteiger partial charge in [-0.2, -0.15) is 0 Å². The number of aliphatic carboxylic acids is 1. The molecule has 0 radical (unpaired) electrons. The fourth-order valence-electron chi connectivity index (χ4n) is 2.06. The molecule has 0 heterocycles. The molecular weight excluding hydrogens is 340 g/mol. The smallest absolute Gasteiger partial charge is 0.332 e. The van der Waals surface area contributed by atoms with Crippen LogP contribution in [-0.2, 0) is 14.3 Å². The zero-order valence-electron chi connectivity index (χ0n) is 15.9. The lowest BCUT2D eigenvalue weighted by molar-refractivity contribution is -0.136. The van der Waals surface area contributed by atoms with Crippen LogP contribution in [0.1, 0.15) is 13.8 Å². The maximum atomic E-state index is 10.2. The molecular formula is C23H24O4. The molecule has 0 spiro atoms. The van der Waals surface area contributed by atoms with Crippen molar-refractivity contribution in [1.29, 1.82) is 0 Å². The predicted molar refractivity (Wildman–Crippen MR) is 111 cm³/mol. The van der Waals surface area contributed by atoms with Crippen molar-refractivity contribution in [1.82, 2.24) is 0 Å². The third kappa shape index (κ3) is 7.16. The number of esters is 1. The molecule has 1 N–H and O–H groups in total. The van der Waals surface area contributed by atoms with Crippen molar-refractivity contribution >= 4 is 33.5 Å². The number of carboxylic acids is 1. The van der Waals surface area contributed by atoms with Gasteiger partial charge in [0.2, 0.25) is 0 Å². The standard InChI is InChI=1S/C14H10.C5H8O2.C4H6O2/c1-2-6-12-10-14-8-4-3-7-13(14)9-11(12)5-1;1-4(2)5(6)7-3;1-3(2)4(5)6/h1-10H;1H2,2-3H3;1H2,2H3,(H,5,6). The number of carboxylic acid groups (broad SMARTS) is 1. The van der Waals surface area contributed by atoms with Gasteiger partial charge in [0.1, 0.15) is 0 Å². The van der Waals surface area contributed by atoms with Gasteiger partial charge in [0, 0.05) is 11.1 Å². The zero-order chi connectivity index (χ0) is 20.4. The largest absolute Gasteiger partial charge is 0.478 e. The quantitative estimate of drug-likeness (QED) is 0.377. The molecule has 0 bridgehead atoms. The third-order valence-electron chi connectivity index (χ3n) is 3.51. The minimum atomic E-state index is -0.935. The lowest BCUT2D eigenvalue weighted by Crippen LogP contribution is -1.98. The second-order valence-electron chi connectivity index (χ2n) is 5.90. The highest BCUT2D eigenvalue weighted by Crippen LogP contribution is 2.21. The molecule has 0 saturated heterocycles. The average Bonchev–Trinajstić information content (AvgIpc) is 2.66. The normalized spacial score (nSPS) is 9.30. The summed E-state index contributed by atoms with van der Waals surface area (Å²) in [6.07, 6.45) is 0. The summed E-state index contributed by atoms with van der Waals surface area (Å²) in [7, 11) is 1.33. The van der Waals surface area contributed by atoms with Crippen molar-refractivity contribution in [2.75, 3.05) is 7.11 Å². The first kappa shape index (κ1) is 21.6. The van der Waals surface area contributed by atoms with E-state index in [2.05, 4.69) is 78.6 Å². The van der Waals surface area contributed by atoms with Gasteiger partial charge in [-0.1, -0.05) is 61.7 Å². The molecule has 0 fully saturated rings. The van der Waals surface area contributed by atoms with Gasteiger partial charge in [0.05, 0.1) is 7.11 Å². The van der Waals surface area contributed by atoms with Crippen LogP contribution in [-0.4, -0.2) is 24.2 Å². The molecule has 140 valence electrons. The van der Waals surface area contributed by atoms with Gasteiger partial charge < -0.3 is 9.84 Å². The molecule has 0 unspecified atom stereocenters. The maximum Gasteiger partial charge on any atom is 0.332 e. The number of hydrogen-bond acceptors (Lipinski definition) is 3. The third-order valence-corrected chi connectivity index (χ3v) is 3.51. The average molecular weight is 364 g/mol. The number of methoxy groups -OCH3 is 1. The zero-order valence-corrected chi connectivity index (χ0v) is 15.9. The van der Waals surface area contributed by atoms with E-state index in [-0.39, 0.29) is 11.5 Å². The first-order valence-corrected chi connectivity index (χ1v) is 8.26. The summed E-state index contributed by atoms with van der Waals surface area (Å²) in [5.41, 5.74) is 0.609. The fraction of sp³-hybridized carbons (Fsp3) is 0.130. The van der Waals surface area contributed by atoms with Crippen LogP contribution in [0, 0.1) is 0 Å². The number of hydrogen-bond donors (Lipinski definition) is 1. The van der Waals surface area contributed by atoms with Crippen molar-refractivity contribution in [3.63, 3.8) is 0 Å². The van der Waals surface area contributed by atoms with Crippen molar-refractivity contribution < 1.29 is 19.4 Å². The molecule has 3 rings (SSSR count). The van der Waals surface area contributed by atoms with Gasteiger partial charge in [-0.25, -0.2) is 9.59 Å². The highest BCUT2D eigenvalue weighted by atomic mass is 16.5. The summed E-state index contributed by atoms with van der Waals surface area (Å²) in [5.74, 6) is -1.28. The summed E-state index contributed by atoms with van der Waals surface area (Å²) < 4.78 is 4.27. The van der Waals surface area contributed by atoms with Crippen LogP contribution in [0.2, 0.25) is 0 Å². The summed E-state index contributed by atoms with van der Waals surface area (Å²) in [6.45, 7) is 9.56. The Balaban J connectivity index is 0.000000239. The van der Waals surface area contributed by atoms with E-state index in [9.17, 15) is 9.59 Å². The van der Waals surface area contributed by atoms with Crippen LogP contribution in [0.4, 0.5) is 0 Å². The molecule has 0 amide bonds. The van der Waals surface area contributed by atoms with Crippen LogP contribution in [0.15, 0.2) is 85.0 Å². The van der Waals surface area contributed by atoms with E-state index < -0.39 is 5.97 Å². The predicted octanol–water partition coefficient (Wildman–Crippen LogP) is 5.38. The number of carbonyl (C=O) groups excluding carboxylic acids is 1. The Morgan fingerprint density at radius 2 is 1.07 bits per heavy atom. The van der Waals surface area contributed by atoms with Crippen LogP contribution in [0.25, 0.3) is 21.5 Å². The monoisotopic (exact) mass is 364 g/mol. The van der Waals surface area contributed by atoms with Gasteiger partial charge >= 0.3 is 11.9 Å². The van der Waals surface area contributed by atoms with Crippen LogP contribution < -0.4 is 0 Å². The Kier molecular flexibility index (Phi) is 8.46. The van der Waals surface area contributed by atoms with Gasteiger partial charge in [-0.15, -0.1) is 0 Å². The van der Waals surface area contributed by atoms with E-state index in [1.807, 2.05) is 0 Å². The summed E-state index contributed by atoms with van der Waals surface area (Å²) in [6, 6.07) is 21.4. The van der Waals surface area contributed by atoms with E-state index in [0.29, 0.717) is 5.57 Å². The van der Waals surface area contributed by atoms with Crippen LogP contribution in [0.5, 0.6) is 0 Å². The summed E-state index contributed by atoms with van der Waals surface area (Å²) in [4.78, 5) is 19.8. The van der Waals surface area contributed by atoms with E-state index in [1.165, 1.54) is 35.6 Å². The number of benzene rings is 3. The highest BCUT2D eigenvalue weighted by molar-refractivity contribution is 5.98. The van der Waals surface area contributed by atoms with E-state index in [1.54, 1.807) is 6.92 Å². The summed E-state index contributed by atoms with van der Waals surface area (Å²) >= 11 is 0. The molecule has 0 saturated carbocycles. The van der Waals surface area contributed by atoms with E-state index in [0.717, 1.165) is 0 Å².